The Morgan fingerprint density at radius 3 is 2.08 bits per heavy atom. The molecular weight excluding hydrogens is 314 g/mol. The fourth-order valence-electron chi connectivity index (χ4n) is 2.64. The quantitative estimate of drug-likeness (QED) is 0.871. The maximum absolute atomic E-state index is 12.4. The Kier molecular flexibility index (Phi) is 5.73. The van der Waals surface area contributed by atoms with Crippen LogP contribution in [-0.4, -0.2) is 20.1 Å². The standard InChI is InChI=1S/C21H27NO3/c1-14-11-18(24-5)19(25-6)12-15(14)13-20(23)22-17-9-7-16(8-10-17)21(2,3)4/h7-12H,13H2,1-6H3,(H,22,23). The molecule has 4 heteroatoms. The van der Waals surface area contributed by atoms with Crippen molar-refractivity contribution in [2.24, 2.45) is 0 Å². The minimum atomic E-state index is -0.0566. The average molecular weight is 341 g/mol. The topological polar surface area (TPSA) is 47.6 Å². The van der Waals surface area contributed by atoms with Crippen molar-refractivity contribution in [2.75, 3.05) is 19.5 Å². The Morgan fingerprint density at radius 1 is 1.00 bits per heavy atom. The molecule has 25 heavy (non-hydrogen) atoms. The Bertz CT molecular complexity index is 743. The highest BCUT2D eigenvalue weighted by Gasteiger charge is 2.14. The van der Waals surface area contributed by atoms with Gasteiger partial charge in [0.05, 0.1) is 20.6 Å². The van der Waals surface area contributed by atoms with E-state index in [-0.39, 0.29) is 17.7 Å². The van der Waals surface area contributed by atoms with E-state index in [2.05, 4.69) is 38.2 Å². The molecule has 0 unspecified atom stereocenters. The maximum Gasteiger partial charge on any atom is 0.228 e. The molecule has 0 aliphatic heterocycles. The van der Waals surface area contributed by atoms with Gasteiger partial charge in [0.25, 0.3) is 0 Å². The third kappa shape index (κ3) is 4.75. The van der Waals surface area contributed by atoms with Crippen LogP contribution in [0.4, 0.5) is 5.69 Å². The predicted molar refractivity (Wildman–Crippen MR) is 102 cm³/mol. The highest BCUT2D eigenvalue weighted by Crippen LogP contribution is 2.30. The molecule has 0 heterocycles. The van der Waals surface area contributed by atoms with Gasteiger partial charge in [-0.25, -0.2) is 0 Å². The molecule has 0 saturated carbocycles. The number of amides is 1. The lowest BCUT2D eigenvalue weighted by Gasteiger charge is -2.19. The first-order chi connectivity index (χ1) is 11.7. The minimum Gasteiger partial charge on any atom is -0.493 e. The SMILES string of the molecule is COc1cc(C)c(CC(=O)Nc2ccc(C(C)(C)C)cc2)cc1OC. The summed E-state index contributed by atoms with van der Waals surface area (Å²) in [6.45, 7) is 8.46. The van der Waals surface area contributed by atoms with E-state index in [0.717, 1.165) is 16.8 Å². The van der Waals surface area contributed by atoms with Crippen LogP contribution in [0.3, 0.4) is 0 Å². The van der Waals surface area contributed by atoms with Gasteiger partial charge in [-0.1, -0.05) is 32.9 Å². The first kappa shape index (κ1) is 18.8. The zero-order valence-electron chi connectivity index (χ0n) is 15.9. The minimum absolute atomic E-state index is 0.0566. The molecule has 1 amide bonds. The van der Waals surface area contributed by atoms with Crippen molar-refractivity contribution in [3.05, 3.63) is 53.1 Å². The predicted octanol–water partition coefficient (Wildman–Crippen LogP) is 4.49. The number of carbonyl (C=O) groups is 1. The Balaban J connectivity index is 2.10. The summed E-state index contributed by atoms with van der Waals surface area (Å²) in [6.07, 6.45) is 0.285. The third-order valence-corrected chi connectivity index (χ3v) is 4.23. The van der Waals surface area contributed by atoms with Crippen molar-refractivity contribution < 1.29 is 14.3 Å². The zero-order chi connectivity index (χ0) is 18.6. The fourth-order valence-corrected chi connectivity index (χ4v) is 2.64. The van der Waals surface area contributed by atoms with Crippen LogP contribution < -0.4 is 14.8 Å². The maximum atomic E-state index is 12.4. The highest BCUT2D eigenvalue weighted by atomic mass is 16.5. The molecule has 2 rings (SSSR count). The van der Waals surface area contributed by atoms with Crippen molar-refractivity contribution in [3.63, 3.8) is 0 Å². The molecule has 0 radical (unpaired) electrons. The smallest absolute Gasteiger partial charge is 0.228 e. The van der Waals surface area contributed by atoms with Gasteiger partial charge in [-0.15, -0.1) is 0 Å². The average Bonchev–Trinajstić information content (AvgIpc) is 2.55. The van der Waals surface area contributed by atoms with Gasteiger partial charge < -0.3 is 14.8 Å². The van der Waals surface area contributed by atoms with Crippen LogP contribution in [-0.2, 0) is 16.6 Å². The van der Waals surface area contributed by atoms with Gasteiger partial charge in [-0.3, -0.25) is 4.79 Å². The molecule has 4 nitrogen and oxygen atoms in total. The molecule has 0 aliphatic carbocycles. The van der Waals surface area contributed by atoms with Gasteiger partial charge in [0.15, 0.2) is 11.5 Å². The van der Waals surface area contributed by atoms with E-state index in [0.29, 0.717) is 11.5 Å². The van der Waals surface area contributed by atoms with E-state index in [1.807, 2.05) is 31.2 Å². The summed E-state index contributed by atoms with van der Waals surface area (Å²) in [6, 6.07) is 11.7. The molecule has 134 valence electrons. The van der Waals surface area contributed by atoms with Crippen LogP contribution in [0.2, 0.25) is 0 Å². The monoisotopic (exact) mass is 341 g/mol. The van der Waals surface area contributed by atoms with Crippen molar-refractivity contribution in [2.45, 2.75) is 39.5 Å². The van der Waals surface area contributed by atoms with Crippen LogP contribution in [0.15, 0.2) is 36.4 Å². The van der Waals surface area contributed by atoms with Crippen LogP contribution in [0, 0.1) is 6.92 Å². The molecule has 0 spiro atoms. The molecule has 0 atom stereocenters. The van der Waals surface area contributed by atoms with Crippen molar-refractivity contribution in [1.29, 1.82) is 0 Å². The molecule has 0 aromatic heterocycles. The van der Waals surface area contributed by atoms with Gasteiger partial charge in [-0.05, 0) is 53.3 Å². The number of hydrogen-bond donors (Lipinski definition) is 1. The lowest BCUT2D eigenvalue weighted by molar-refractivity contribution is -0.115. The van der Waals surface area contributed by atoms with E-state index >= 15 is 0 Å². The van der Waals surface area contributed by atoms with Crippen LogP contribution >= 0.6 is 0 Å². The van der Waals surface area contributed by atoms with Crippen molar-refractivity contribution in [1.82, 2.24) is 0 Å². The van der Waals surface area contributed by atoms with Gasteiger partial charge in [0.2, 0.25) is 5.91 Å². The molecule has 0 aliphatic rings. The van der Waals surface area contributed by atoms with E-state index in [9.17, 15) is 4.79 Å². The van der Waals surface area contributed by atoms with Gasteiger partial charge in [0.1, 0.15) is 0 Å². The third-order valence-electron chi connectivity index (χ3n) is 4.23. The molecule has 1 N–H and O–H groups in total. The number of anilines is 1. The Hall–Kier alpha value is -2.49. The fraction of sp³-hybridized carbons (Fsp3) is 0.381. The van der Waals surface area contributed by atoms with Crippen LogP contribution in [0.5, 0.6) is 11.5 Å². The summed E-state index contributed by atoms with van der Waals surface area (Å²) in [5, 5.41) is 2.95. The van der Waals surface area contributed by atoms with E-state index in [4.69, 9.17) is 9.47 Å². The summed E-state index contributed by atoms with van der Waals surface area (Å²) in [5.74, 6) is 1.24. The summed E-state index contributed by atoms with van der Waals surface area (Å²) >= 11 is 0. The van der Waals surface area contributed by atoms with Crippen molar-refractivity contribution in [3.8, 4) is 11.5 Å². The van der Waals surface area contributed by atoms with E-state index in [1.165, 1.54) is 5.56 Å². The Morgan fingerprint density at radius 2 is 1.56 bits per heavy atom. The van der Waals surface area contributed by atoms with Crippen LogP contribution in [0.25, 0.3) is 0 Å². The summed E-state index contributed by atoms with van der Waals surface area (Å²) in [7, 11) is 3.19. The van der Waals surface area contributed by atoms with E-state index in [1.54, 1.807) is 14.2 Å². The van der Waals surface area contributed by atoms with Gasteiger partial charge in [0, 0.05) is 5.69 Å². The molecule has 2 aromatic rings. The molecule has 0 saturated heterocycles. The number of aryl methyl sites for hydroxylation is 1. The van der Waals surface area contributed by atoms with E-state index < -0.39 is 0 Å². The second-order valence-corrected chi connectivity index (χ2v) is 7.19. The summed E-state index contributed by atoms with van der Waals surface area (Å²) < 4.78 is 10.6. The Labute approximate surface area is 150 Å². The molecule has 0 fully saturated rings. The van der Waals surface area contributed by atoms with Crippen molar-refractivity contribution >= 4 is 11.6 Å². The number of methoxy groups -OCH3 is 2. The summed E-state index contributed by atoms with van der Waals surface area (Å²) in [5.41, 5.74) is 4.05. The number of ether oxygens (including phenoxy) is 2. The highest BCUT2D eigenvalue weighted by molar-refractivity contribution is 5.92. The number of rotatable bonds is 5. The molecular formula is C21H27NO3. The second-order valence-electron chi connectivity index (χ2n) is 7.19. The number of hydrogen-bond acceptors (Lipinski definition) is 3. The lowest BCUT2D eigenvalue weighted by atomic mass is 9.87. The second kappa shape index (κ2) is 7.60. The first-order valence-corrected chi connectivity index (χ1v) is 8.36. The number of benzene rings is 2. The molecule has 2 aromatic carbocycles. The lowest BCUT2D eigenvalue weighted by Crippen LogP contribution is -2.16. The molecule has 0 bridgehead atoms. The largest absolute Gasteiger partial charge is 0.493 e. The van der Waals surface area contributed by atoms with Crippen LogP contribution in [0.1, 0.15) is 37.5 Å². The number of nitrogens with one attached hydrogen (secondary N) is 1. The zero-order valence-corrected chi connectivity index (χ0v) is 15.9. The van der Waals surface area contributed by atoms with Gasteiger partial charge in [-0.2, -0.15) is 0 Å². The normalized spacial score (nSPS) is 11.1. The van der Waals surface area contributed by atoms with Gasteiger partial charge >= 0.3 is 0 Å². The first-order valence-electron chi connectivity index (χ1n) is 8.36. The number of carbonyl (C=O) groups excluding carboxylic acids is 1. The summed E-state index contributed by atoms with van der Waals surface area (Å²) in [4.78, 5) is 12.4.